The fourth-order valence-corrected chi connectivity index (χ4v) is 8.54. The summed E-state index contributed by atoms with van der Waals surface area (Å²) in [6.45, 7) is 0. The summed E-state index contributed by atoms with van der Waals surface area (Å²) in [7, 11) is 1.71. The van der Waals surface area contributed by atoms with E-state index in [1.165, 1.54) is 76.5 Å². The van der Waals surface area contributed by atoms with Crippen LogP contribution in [0.1, 0.15) is 0 Å². The van der Waals surface area contributed by atoms with Gasteiger partial charge in [0.1, 0.15) is 5.75 Å². The lowest BCUT2D eigenvalue weighted by molar-refractivity contribution is 0.415. The molecule has 0 aliphatic carbocycles. The Morgan fingerprint density at radius 1 is 0.302 bits per heavy atom. The molecule has 0 spiro atoms. The predicted molar refractivity (Wildman–Crippen MR) is 221 cm³/mol. The summed E-state index contributed by atoms with van der Waals surface area (Å²) in [5, 5.41) is 7.45. The summed E-state index contributed by atoms with van der Waals surface area (Å²) in [6.07, 6.45) is 0. The highest BCUT2D eigenvalue weighted by Gasteiger charge is 2.18. The number of ether oxygens (including phenoxy) is 1. The minimum atomic E-state index is 0.847. The van der Waals surface area contributed by atoms with Crippen molar-refractivity contribution < 1.29 is 4.74 Å². The van der Waals surface area contributed by atoms with Gasteiger partial charge in [0.2, 0.25) is 0 Å². The molecule has 0 radical (unpaired) electrons. The van der Waals surface area contributed by atoms with Crippen molar-refractivity contribution in [3.8, 4) is 33.9 Å². The Morgan fingerprint density at radius 3 is 1.19 bits per heavy atom. The number of nitrogens with zero attached hydrogens (tertiary/aromatic N) is 3. The molecule has 0 aliphatic heterocycles. The number of methoxy groups -OCH3 is 1. The number of fused-ring (bicyclic) bond motifs is 9. The summed E-state index contributed by atoms with van der Waals surface area (Å²) in [5.41, 5.74) is 12.9. The molecule has 8 aromatic carbocycles. The van der Waals surface area contributed by atoms with E-state index in [0.29, 0.717) is 0 Å². The van der Waals surface area contributed by atoms with E-state index in [-0.39, 0.29) is 0 Å². The van der Waals surface area contributed by atoms with Crippen molar-refractivity contribution in [3.05, 3.63) is 182 Å². The predicted octanol–water partition coefficient (Wildman–Crippen LogP) is 12.7. The van der Waals surface area contributed by atoms with E-state index >= 15 is 0 Å². The molecule has 0 amide bonds. The normalized spacial score (nSPS) is 11.9. The van der Waals surface area contributed by atoms with Crippen LogP contribution in [0, 0.1) is 0 Å². The highest BCUT2D eigenvalue weighted by Crippen LogP contribution is 2.40. The zero-order valence-electron chi connectivity index (χ0n) is 29.1. The third kappa shape index (κ3) is 4.42. The lowest BCUT2D eigenvalue weighted by Gasteiger charge is -2.12. The molecule has 0 fully saturated rings. The molecule has 0 saturated carbocycles. The van der Waals surface area contributed by atoms with Gasteiger partial charge in [0.25, 0.3) is 0 Å². The van der Waals surface area contributed by atoms with E-state index in [2.05, 4.69) is 184 Å². The van der Waals surface area contributed by atoms with E-state index in [1.54, 1.807) is 7.11 Å². The Balaban J connectivity index is 1.14. The van der Waals surface area contributed by atoms with Crippen molar-refractivity contribution in [1.29, 1.82) is 0 Å². The van der Waals surface area contributed by atoms with Crippen molar-refractivity contribution in [1.82, 2.24) is 13.7 Å². The Kier molecular flexibility index (Phi) is 6.43. The lowest BCUT2D eigenvalue weighted by atomic mass is 10.0. The van der Waals surface area contributed by atoms with Crippen LogP contribution in [0.3, 0.4) is 0 Å². The van der Waals surface area contributed by atoms with Gasteiger partial charge >= 0.3 is 0 Å². The number of aromatic nitrogens is 3. The Labute approximate surface area is 305 Å². The highest BCUT2D eigenvalue weighted by atomic mass is 16.5. The number of hydrogen-bond donors (Lipinski definition) is 0. The number of hydrogen-bond acceptors (Lipinski definition) is 1. The highest BCUT2D eigenvalue weighted by molar-refractivity contribution is 6.13. The van der Waals surface area contributed by atoms with Crippen LogP contribution in [0.4, 0.5) is 0 Å². The van der Waals surface area contributed by atoms with Gasteiger partial charge in [-0.05, 0) is 90.0 Å². The maximum Gasteiger partial charge on any atom is 0.119 e. The molecular weight excluding hydrogens is 647 g/mol. The molecule has 0 aliphatic rings. The molecule has 3 aromatic heterocycles. The average molecular weight is 680 g/mol. The van der Waals surface area contributed by atoms with Gasteiger partial charge in [-0.25, -0.2) is 0 Å². The Hall–Kier alpha value is -7.04. The number of rotatable bonds is 5. The molecule has 3 heterocycles. The first-order valence-electron chi connectivity index (χ1n) is 18.1. The van der Waals surface area contributed by atoms with Crippen LogP contribution < -0.4 is 4.74 Å². The van der Waals surface area contributed by atoms with Gasteiger partial charge in [-0.3, -0.25) is 0 Å². The molecule has 0 unspecified atom stereocenters. The SMILES string of the molecule is COc1ccc(-n2c3ccccc3c3ccc(-c4ccc5c6ccccc6n(-c6ccc7c8ccccc8n(-c8ccccc8)c7c6)c5c4)cc32)cc1. The van der Waals surface area contributed by atoms with Crippen molar-refractivity contribution in [3.63, 3.8) is 0 Å². The molecule has 0 bridgehead atoms. The fraction of sp³-hybridized carbons (Fsp3) is 0.0204. The van der Waals surface area contributed by atoms with Gasteiger partial charge in [0.05, 0.1) is 40.2 Å². The monoisotopic (exact) mass is 679 g/mol. The van der Waals surface area contributed by atoms with Gasteiger partial charge in [-0.15, -0.1) is 0 Å². The molecule has 0 N–H and O–H groups in total. The van der Waals surface area contributed by atoms with Gasteiger partial charge in [-0.1, -0.05) is 103 Å². The smallest absolute Gasteiger partial charge is 0.119 e. The van der Waals surface area contributed by atoms with Crippen LogP contribution in [-0.2, 0) is 0 Å². The second-order valence-corrected chi connectivity index (χ2v) is 13.8. The number of benzene rings is 8. The third-order valence-electron chi connectivity index (χ3n) is 10.9. The van der Waals surface area contributed by atoms with E-state index in [4.69, 9.17) is 4.74 Å². The summed E-state index contributed by atoms with van der Waals surface area (Å²) >= 11 is 0. The third-order valence-corrected chi connectivity index (χ3v) is 10.9. The van der Waals surface area contributed by atoms with Crippen molar-refractivity contribution >= 4 is 65.4 Å². The summed E-state index contributed by atoms with van der Waals surface area (Å²) in [4.78, 5) is 0. The molecule has 4 heteroatoms. The van der Waals surface area contributed by atoms with Crippen molar-refractivity contribution in [2.45, 2.75) is 0 Å². The molecule has 4 nitrogen and oxygen atoms in total. The lowest BCUT2D eigenvalue weighted by Crippen LogP contribution is -1.97. The van der Waals surface area contributed by atoms with Crippen LogP contribution >= 0.6 is 0 Å². The largest absolute Gasteiger partial charge is 0.497 e. The van der Waals surface area contributed by atoms with E-state index < -0.39 is 0 Å². The quantitative estimate of drug-likeness (QED) is 0.178. The van der Waals surface area contributed by atoms with E-state index in [1.807, 2.05) is 12.1 Å². The summed E-state index contributed by atoms with van der Waals surface area (Å²) < 4.78 is 12.7. The minimum Gasteiger partial charge on any atom is -0.497 e. The van der Waals surface area contributed by atoms with Gasteiger partial charge in [-0.2, -0.15) is 0 Å². The first-order valence-corrected chi connectivity index (χ1v) is 18.1. The topological polar surface area (TPSA) is 24.0 Å². The zero-order chi connectivity index (χ0) is 35.0. The molecule has 0 atom stereocenters. The minimum absolute atomic E-state index is 0.847. The fourth-order valence-electron chi connectivity index (χ4n) is 8.54. The first-order chi connectivity index (χ1) is 26.2. The van der Waals surface area contributed by atoms with E-state index in [0.717, 1.165) is 22.8 Å². The van der Waals surface area contributed by atoms with Crippen LogP contribution in [0.2, 0.25) is 0 Å². The van der Waals surface area contributed by atoms with Gasteiger partial charge < -0.3 is 18.4 Å². The standard InChI is InChI=1S/C49H33N3O/c1-53-37-24-21-35(22-25-37)51-45-17-9-5-13-38(45)41-26-19-32(29-47(41)51)33-20-27-42-39-14-7-10-18-46(39)52(48(42)30-33)36-23-28-43-40-15-6-8-16-44(40)50(49(43)31-36)34-11-3-2-4-12-34/h2-31H,1H3. The van der Waals surface area contributed by atoms with Crippen molar-refractivity contribution in [2.24, 2.45) is 0 Å². The second kappa shape index (κ2) is 11.5. The summed E-state index contributed by atoms with van der Waals surface area (Å²) in [5.74, 6) is 0.847. The Morgan fingerprint density at radius 2 is 0.679 bits per heavy atom. The molecular formula is C49H33N3O. The Bertz CT molecular complexity index is 3200. The van der Waals surface area contributed by atoms with Crippen LogP contribution in [0.15, 0.2) is 182 Å². The molecule has 11 aromatic rings. The molecule has 0 saturated heterocycles. The van der Waals surface area contributed by atoms with Gasteiger partial charge in [0.15, 0.2) is 0 Å². The maximum atomic E-state index is 5.49. The van der Waals surface area contributed by atoms with Crippen LogP contribution in [0.5, 0.6) is 5.75 Å². The van der Waals surface area contributed by atoms with Crippen LogP contribution in [0.25, 0.3) is 93.6 Å². The first kappa shape index (κ1) is 29.7. The molecule has 11 rings (SSSR count). The van der Waals surface area contributed by atoms with Crippen LogP contribution in [-0.4, -0.2) is 20.8 Å². The molecule has 250 valence electrons. The number of para-hydroxylation sites is 4. The second-order valence-electron chi connectivity index (χ2n) is 13.8. The van der Waals surface area contributed by atoms with E-state index in [9.17, 15) is 0 Å². The molecule has 53 heavy (non-hydrogen) atoms. The zero-order valence-corrected chi connectivity index (χ0v) is 29.1. The van der Waals surface area contributed by atoms with Crippen molar-refractivity contribution in [2.75, 3.05) is 7.11 Å². The average Bonchev–Trinajstić information content (AvgIpc) is 3.86. The summed E-state index contributed by atoms with van der Waals surface area (Å²) in [6, 6.07) is 65.9. The van der Waals surface area contributed by atoms with Gasteiger partial charge in [0, 0.05) is 49.4 Å². The maximum absolute atomic E-state index is 5.49.